The number of nitrogens with zero attached hydrogens (tertiary/aromatic N) is 2. The number of fused-ring (bicyclic) bond motifs is 1. The average Bonchev–Trinajstić information content (AvgIpc) is 2.51. The lowest BCUT2D eigenvalue weighted by Gasteiger charge is -2.20. The van der Waals surface area contributed by atoms with E-state index in [9.17, 15) is 0 Å². The maximum atomic E-state index is 4.25. The summed E-state index contributed by atoms with van der Waals surface area (Å²) < 4.78 is 0. The number of piperidine rings is 1. The standard InChI is InChI=1S/C9H18N2S/c1-10(2)9-7-5-11(3-4-12)6-8(7)9/h7-9,12H,3-6H2,1-2H3. The fourth-order valence-electron chi connectivity index (χ4n) is 2.67. The summed E-state index contributed by atoms with van der Waals surface area (Å²) >= 11 is 4.25. The molecule has 1 saturated carbocycles. The van der Waals surface area contributed by atoms with Crippen LogP contribution in [0.25, 0.3) is 0 Å². The quantitative estimate of drug-likeness (QED) is 0.638. The molecule has 0 radical (unpaired) electrons. The number of hydrogen-bond donors (Lipinski definition) is 1. The highest BCUT2D eigenvalue weighted by Crippen LogP contribution is 2.47. The first-order valence-corrected chi connectivity index (χ1v) is 5.37. The zero-order chi connectivity index (χ0) is 8.72. The molecule has 0 aromatic heterocycles. The van der Waals surface area contributed by atoms with E-state index in [1.807, 2.05) is 0 Å². The van der Waals surface area contributed by atoms with E-state index in [1.54, 1.807) is 0 Å². The van der Waals surface area contributed by atoms with Crippen molar-refractivity contribution < 1.29 is 0 Å². The zero-order valence-corrected chi connectivity index (χ0v) is 8.80. The molecule has 2 unspecified atom stereocenters. The van der Waals surface area contributed by atoms with Gasteiger partial charge in [-0.2, -0.15) is 12.6 Å². The Hall–Kier alpha value is 0.270. The van der Waals surface area contributed by atoms with E-state index in [0.29, 0.717) is 0 Å². The van der Waals surface area contributed by atoms with Crippen molar-refractivity contribution in [1.82, 2.24) is 9.80 Å². The van der Waals surface area contributed by atoms with Crippen LogP contribution in [0.1, 0.15) is 0 Å². The minimum absolute atomic E-state index is 0.890. The molecule has 1 aliphatic heterocycles. The largest absolute Gasteiger partial charge is 0.306 e. The van der Waals surface area contributed by atoms with Crippen LogP contribution >= 0.6 is 12.6 Å². The van der Waals surface area contributed by atoms with Gasteiger partial charge < -0.3 is 9.80 Å². The van der Waals surface area contributed by atoms with Gasteiger partial charge in [-0.05, 0) is 25.9 Å². The first kappa shape index (κ1) is 8.85. The molecular formula is C9H18N2S. The normalized spacial score (nSPS) is 40.5. The Balaban J connectivity index is 1.78. The number of thiol groups is 1. The third-order valence-corrected chi connectivity index (χ3v) is 3.44. The summed E-state index contributed by atoms with van der Waals surface area (Å²) in [6.07, 6.45) is 0. The van der Waals surface area contributed by atoms with Gasteiger partial charge in [-0.15, -0.1) is 0 Å². The third kappa shape index (κ3) is 1.38. The molecule has 1 aliphatic carbocycles. The SMILES string of the molecule is CN(C)C1C2CN(CCS)CC21. The molecule has 2 atom stereocenters. The summed E-state index contributed by atoms with van der Waals surface area (Å²) in [4.78, 5) is 4.93. The molecule has 70 valence electrons. The molecule has 0 aromatic carbocycles. The van der Waals surface area contributed by atoms with Gasteiger partial charge in [-0.25, -0.2) is 0 Å². The Labute approximate surface area is 80.3 Å². The van der Waals surface area contributed by atoms with Crippen LogP contribution in [0.5, 0.6) is 0 Å². The predicted octanol–water partition coefficient (Wildman–Crippen LogP) is 0.408. The fourth-order valence-corrected chi connectivity index (χ4v) is 2.96. The van der Waals surface area contributed by atoms with Crippen LogP contribution in [0.2, 0.25) is 0 Å². The summed E-state index contributed by atoms with van der Waals surface area (Å²) in [7, 11) is 4.40. The molecule has 2 rings (SSSR count). The predicted molar refractivity (Wildman–Crippen MR) is 54.7 cm³/mol. The lowest BCUT2D eigenvalue weighted by Crippen LogP contribution is -2.31. The number of hydrogen-bond acceptors (Lipinski definition) is 3. The van der Waals surface area contributed by atoms with Crippen molar-refractivity contribution in [3.63, 3.8) is 0 Å². The van der Waals surface area contributed by atoms with E-state index in [0.717, 1.165) is 23.6 Å². The maximum absolute atomic E-state index is 4.25. The summed E-state index contributed by atoms with van der Waals surface area (Å²) in [6.45, 7) is 3.80. The van der Waals surface area contributed by atoms with Crippen molar-refractivity contribution in [2.45, 2.75) is 6.04 Å². The molecule has 0 bridgehead atoms. The molecule has 0 aromatic rings. The van der Waals surface area contributed by atoms with Gasteiger partial charge in [0.25, 0.3) is 0 Å². The van der Waals surface area contributed by atoms with Gasteiger partial charge in [0.2, 0.25) is 0 Å². The highest BCUT2D eigenvalue weighted by Gasteiger charge is 2.56. The molecule has 3 heteroatoms. The highest BCUT2D eigenvalue weighted by molar-refractivity contribution is 7.80. The monoisotopic (exact) mass is 186 g/mol. The average molecular weight is 186 g/mol. The van der Waals surface area contributed by atoms with Gasteiger partial charge in [-0.1, -0.05) is 0 Å². The van der Waals surface area contributed by atoms with Crippen molar-refractivity contribution in [2.24, 2.45) is 11.8 Å². The Morgan fingerprint density at radius 1 is 1.33 bits per heavy atom. The molecule has 0 N–H and O–H groups in total. The van der Waals surface area contributed by atoms with Crippen LogP contribution in [-0.2, 0) is 0 Å². The van der Waals surface area contributed by atoms with Crippen molar-refractivity contribution in [2.75, 3.05) is 39.5 Å². The molecule has 2 nitrogen and oxygen atoms in total. The Morgan fingerprint density at radius 3 is 2.33 bits per heavy atom. The van der Waals surface area contributed by atoms with E-state index >= 15 is 0 Å². The van der Waals surface area contributed by atoms with Gasteiger partial charge in [-0.3, -0.25) is 0 Å². The smallest absolute Gasteiger partial charge is 0.0177 e. The molecule has 0 spiro atoms. The van der Waals surface area contributed by atoms with Crippen LogP contribution in [-0.4, -0.2) is 55.3 Å². The second-order valence-corrected chi connectivity index (χ2v) is 4.71. The summed E-state index contributed by atoms with van der Waals surface area (Å²) in [6, 6.07) is 0.890. The second-order valence-electron chi connectivity index (χ2n) is 4.27. The summed E-state index contributed by atoms with van der Waals surface area (Å²) in [5.41, 5.74) is 0. The fraction of sp³-hybridized carbons (Fsp3) is 1.00. The highest BCUT2D eigenvalue weighted by atomic mass is 32.1. The van der Waals surface area contributed by atoms with Crippen LogP contribution in [0.15, 0.2) is 0 Å². The molecule has 2 fully saturated rings. The van der Waals surface area contributed by atoms with Crippen LogP contribution < -0.4 is 0 Å². The van der Waals surface area contributed by atoms with E-state index in [2.05, 4.69) is 36.5 Å². The lowest BCUT2D eigenvalue weighted by atomic mass is 10.3. The van der Waals surface area contributed by atoms with Gasteiger partial charge >= 0.3 is 0 Å². The molecular weight excluding hydrogens is 168 g/mol. The minimum Gasteiger partial charge on any atom is -0.306 e. The Bertz CT molecular complexity index is 160. The molecule has 1 saturated heterocycles. The topological polar surface area (TPSA) is 6.48 Å². The molecule has 1 heterocycles. The summed E-state index contributed by atoms with van der Waals surface area (Å²) in [5.74, 6) is 2.95. The first-order valence-electron chi connectivity index (χ1n) is 4.73. The van der Waals surface area contributed by atoms with E-state index < -0.39 is 0 Å². The minimum atomic E-state index is 0.890. The van der Waals surface area contributed by atoms with Gasteiger partial charge in [0, 0.05) is 31.4 Å². The van der Waals surface area contributed by atoms with Crippen LogP contribution in [0, 0.1) is 11.8 Å². The maximum Gasteiger partial charge on any atom is 0.0177 e. The third-order valence-electron chi connectivity index (χ3n) is 3.24. The van der Waals surface area contributed by atoms with Crippen molar-refractivity contribution in [3.05, 3.63) is 0 Å². The van der Waals surface area contributed by atoms with Gasteiger partial charge in [0.05, 0.1) is 0 Å². The number of likely N-dealkylation sites (tertiary alicyclic amines) is 1. The Kier molecular flexibility index (Phi) is 2.36. The van der Waals surface area contributed by atoms with Crippen molar-refractivity contribution in [3.8, 4) is 0 Å². The van der Waals surface area contributed by atoms with E-state index in [1.165, 1.54) is 19.6 Å². The summed E-state index contributed by atoms with van der Waals surface area (Å²) in [5, 5.41) is 0. The van der Waals surface area contributed by atoms with Crippen molar-refractivity contribution >= 4 is 12.6 Å². The van der Waals surface area contributed by atoms with Crippen LogP contribution in [0.3, 0.4) is 0 Å². The van der Waals surface area contributed by atoms with Gasteiger partial charge in [0.1, 0.15) is 0 Å². The van der Waals surface area contributed by atoms with Gasteiger partial charge in [0.15, 0.2) is 0 Å². The number of rotatable bonds is 3. The van der Waals surface area contributed by atoms with Crippen LogP contribution in [0.4, 0.5) is 0 Å². The molecule has 12 heavy (non-hydrogen) atoms. The first-order chi connectivity index (χ1) is 5.74. The molecule has 2 aliphatic rings. The van der Waals surface area contributed by atoms with Crippen molar-refractivity contribution in [1.29, 1.82) is 0 Å². The Morgan fingerprint density at radius 2 is 1.92 bits per heavy atom. The van der Waals surface area contributed by atoms with E-state index in [4.69, 9.17) is 0 Å². The molecule has 0 amide bonds. The second kappa shape index (κ2) is 3.20. The lowest BCUT2D eigenvalue weighted by molar-refractivity contribution is 0.260. The zero-order valence-electron chi connectivity index (χ0n) is 7.90. The van der Waals surface area contributed by atoms with E-state index in [-0.39, 0.29) is 0 Å².